The van der Waals surface area contributed by atoms with Crippen molar-refractivity contribution < 1.29 is 18.7 Å². The first-order valence-electron chi connectivity index (χ1n) is 9.14. The summed E-state index contributed by atoms with van der Waals surface area (Å²) in [6, 6.07) is 7.60. The maximum Gasteiger partial charge on any atom is 0.257 e. The predicted molar refractivity (Wildman–Crippen MR) is 97.0 cm³/mol. The Hall–Kier alpha value is -2.34. The van der Waals surface area contributed by atoms with Gasteiger partial charge in [0.05, 0.1) is 24.2 Å². The number of aryl methyl sites for hydroxylation is 1. The van der Waals surface area contributed by atoms with Crippen LogP contribution in [0.15, 0.2) is 28.7 Å². The van der Waals surface area contributed by atoms with E-state index in [4.69, 9.17) is 9.15 Å². The van der Waals surface area contributed by atoms with Gasteiger partial charge in [-0.25, -0.2) is 0 Å². The highest BCUT2D eigenvalue weighted by Crippen LogP contribution is 2.33. The third-order valence-corrected chi connectivity index (χ3v) is 5.59. The highest BCUT2D eigenvalue weighted by atomic mass is 16.5. The van der Waals surface area contributed by atoms with E-state index in [9.17, 15) is 9.59 Å². The minimum atomic E-state index is -0.425. The van der Waals surface area contributed by atoms with Crippen molar-refractivity contribution in [1.29, 1.82) is 0 Å². The highest BCUT2D eigenvalue weighted by Gasteiger charge is 2.41. The number of likely N-dealkylation sites (N-methyl/N-ethyl adjacent to an activating group) is 1. The number of hydrogen-bond acceptors (Lipinski definition) is 4. The molecule has 2 saturated heterocycles. The normalized spacial score (nSPS) is 20.6. The number of para-hydroxylation sites is 1. The Morgan fingerprint density at radius 3 is 2.73 bits per heavy atom. The third-order valence-electron chi connectivity index (χ3n) is 5.59. The summed E-state index contributed by atoms with van der Waals surface area (Å²) < 4.78 is 11.8. The number of ether oxygens (including phenoxy) is 1. The Kier molecular flexibility index (Phi) is 4.23. The van der Waals surface area contributed by atoms with Crippen LogP contribution in [0.2, 0.25) is 0 Å². The lowest BCUT2D eigenvalue weighted by atomic mass is 9.87. The van der Waals surface area contributed by atoms with Gasteiger partial charge in [0.15, 0.2) is 0 Å². The molecule has 1 aromatic heterocycles. The molecular weight excluding hydrogens is 332 g/mol. The average molecular weight is 356 g/mol. The van der Waals surface area contributed by atoms with Crippen LogP contribution < -0.4 is 0 Å². The number of fused-ring (bicyclic) bond motifs is 1. The molecule has 0 bridgehead atoms. The number of carbonyl (C=O) groups excluding carboxylic acids is 2. The smallest absolute Gasteiger partial charge is 0.257 e. The lowest BCUT2D eigenvalue weighted by molar-refractivity contribution is -0.134. The molecule has 2 aliphatic heterocycles. The minimum Gasteiger partial charge on any atom is -0.461 e. The monoisotopic (exact) mass is 356 g/mol. The predicted octanol–water partition coefficient (Wildman–Crippen LogP) is 2.59. The van der Waals surface area contributed by atoms with Crippen LogP contribution in [0.1, 0.15) is 35.4 Å². The summed E-state index contributed by atoms with van der Waals surface area (Å²) in [4.78, 5) is 28.8. The van der Waals surface area contributed by atoms with E-state index >= 15 is 0 Å². The van der Waals surface area contributed by atoms with E-state index in [2.05, 4.69) is 0 Å². The zero-order chi connectivity index (χ0) is 18.3. The zero-order valence-electron chi connectivity index (χ0n) is 15.3. The van der Waals surface area contributed by atoms with Crippen molar-refractivity contribution in [2.24, 2.45) is 0 Å². The fraction of sp³-hybridized carbons (Fsp3) is 0.500. The molecule has 3 heterocycles. The molecule has 1 spiro atoms. The molecule has 0 N–H and O–H groups in total. The van der Waals surface area contributed by atoms with Crippen molar-refractivity contribution in [2.75, 3.05) is 33.3 Å². The Morgan fingerprint density at radius 2 is 1.96 bits per heavy atom. The molecule has 0 unspecified atom stereocenters. The van der Waals surface area contributed by atoms with E-state index < -0.39 is 5.60 Å². The van der Waals surface area contributed by atoms with Crippen LogP contribution >= 0.6 is 0 Å². The van der Waals surface area contributed by atoms with Gasteiger partial charge in [-0.05, 0) is 31.9 Å². The highest BCUT2D eigenvalue weighted by molar-refractivity contribution is 6.05. The van der Waals surface area contributed by atoms with Crippen molar-refractivity contribution >= 4 is 22.8 Å². The van der Waals surface area contributed by atoms with Gasteiger partial charge in [0.2, 0.25) is 5.91 Å². The van der Waals surface area contributed by atoms with E-state index in [0.29, 0.717) is 56.7 Å². The topological polar surface area (TPSA) is 63.0 Å². The van der Waals surface area contributed by atoms with Crippen LogP contribution in [0.25, 0.3) is 11.0 Å². The number of nitrogens with zero attached hydrogens (tertiary/aromatic N) is 2. The Balaban J connectivity index is 1.50. The van der Waals surface area contributed by atoms with Crippen LogP contribution in [0.5, 0.6) is 0 Å². The molecule has 26 heavy (non-hydrogen) atoms. The summed E-state index contributed by atoms with van der Waals surface area (Å²) in [6.07, 6.45) is 1.77. The van der Waals surface area contributed by atoms with Crippen molar-refractivity contribution in [3.05, 3.63) is 35.6 Å². The van der Waals surface area contributed by atoms with Gasteiger partial charge in [0.1, 0.15) is 11.3 Å². The largest absolute Gasteiger partial charge is 0.461 e. The van der Waals surface area contributed by atoms with Crippen molar-refractivity contribution in [2.45, 2.75) is 31.8 Å². The summed E-state index contributed by atoms with van der Waals surface area (Å²) >= 11 is 0. The second-order valence-corrected chi connectivity index (χ2v) is 7.40. The van der Waals surface area contributed by atoms with Gasteiger partial charge in [-0.2, -0.15) is 0 Å². The molecule has 1 aromatic carbocycles. The first-order valence-corrected chi connectivity index (χ1v) is 9.14. The molecule has 2 aliphatic rings. The van der Waals surface area contributed by atoms with Crippen LogP contribution in [-0.4, -0.2) is 60.5 Å². The molecule has 2 aromatic rings. The van der Waals surface area contributed by atoms with Crippen molar-refractivity contribution in [1.82, 2.24) is 9.80 Å². The number of rotatable bonds is 1. The summed E-state index contributed by atoms with van der Waals surface area (Å²) in [7, 11) is 1.81. The van der Waals surface area contributed by atoms with Crippen LogP contribution in [-0.2, 0) is 9.53 Å². The zero-order valence-corrected chi connectivity index (χ0v) is 15.3. The number of benzene rings is 1. The maximum absolute atomic E-state index is 13.0. The number of carbonyl (C=O) groups is 2. The van der Waals surface area contributed by atoms with Gasteiger partial charge >= 0.3 is 0 Å². The lowest BCUT2D eigenvalue weighted by Gasteiger charge is -2.40. The van der Waals surface area contributed by atoms with Crippen molar-refractivity contribution in [3.8, 4) is 0 Å². The summed E-state index contributed by atoms with van der Waals surface area (Å²) in [5.41, 5.74) is 0.827. The Bertz CT molecular complexity index is 849. The molecular formula is C20H24N2O4. The number of amides is 2. The molecule has 0 saturated carbocycles. The molecule has 4 rings (SSSR count). The molecule has 6 nitrogen and oxygen atoms in total. The first-order chi connectivity index (χ1) is 12.5. The fourth-order valence-electron chi connectivity index (χ4n) is 3.95. The molecule has 0 radical (unpaired) electrons. The second kappa shape index (κ2) is 6.43. The minimum absolute atomic E-state index is 0.0168. The average Bonchev–Trinajstić information content (AvgIpc) is 2.95. The van der Waals surface area contributed by atoms with Gasteiger partial charge in [0.25, 0.3) is 5.91 Å². The lowest BCUT2D eigenvalue weighted by Crippen LogP contribution is -2.49. The number of piperidine rings is 1. The SMILES string of the molecule is Cc1cc2cccc(C(=O)N3CCC4(CC3)CC(=O)N(C)CCO4)c2o1. The van der Waals surface area contributed by atoms with Gasteiger partial charge in [-0.15, -0.1) is 0 Å². The number of likely N-dealkylation sites (tertiary alicyclic amines) is 1. The molecule has 138 valence electrons. The standard InChI is InChI=1S/C20H24N2O4/c1-14-12-15-4-3-5-16(18(15)26-14)19(24)22-8-6-20(7-9-22)13-17(23)21(2)10-11-25-20/h3-5,12H,6-11,13H2,1-2H3. The molecule has 0 aliphatic carbocycles. The number of furan rings is 1. The fourth-order valence-corrected chi connectivity index (χ4v) is 3.95. The Labute approximate surface area is 152 Å². The quantitative estimate of drug-likeness (QED) is 0.788. The van der Waals surface area contributed by atoms with Gasteiger partial charge < -0.3 is 19.0 Å². The number of hydrogen-bond donors (Lipinski definition) is 0. The molecule has 6 heteroatoms. The van der Waals surface area contributed by atoms with E-state index in [-0.39, 0.29) is 11.8 Å². The molecule has 2 fully saturated rings. The van der Waals surface area contributed by atoms with Gasteiger partial charge in [0, 0.05) is 32.1 Å². The first kappa shape index (κ1) is 17.1. The van der Waals surface area contributed by atoms with Gasteiger partial charge in [-0.1, -0.05) is 12.1 Å². The van der Waals surface area contributed by atoms with E-state index in [0.717, 1.165) is 11.1 Å². The van der Waals surface area contributed by atoms with Crippen molar-refractivity contribution in [3.63, 3.8) is 0 Å². The summed E-state index contributed by atoms with van der Waals surface area (Å²) in [6.45, 7) is 4.25. The van der Waals surface area contributed by atoms with Crippen LogP contribution in [0.3, 0.4) is 0 Å². The second-order valence-electron chi connectivity index (χ2n) is 7.40. The summed E-state index contributed by atoms with van der Waals surface area (Å²) in [5.74, 6) is 0.905. The van der Waals surface area contributed by atoms with E-state index in [1.54, 1.807) is 4.90 Å². The molecule has 0 atom stereocenters. The Morgan fingerprint density at radius 1 is 1.19 bits per heavy atom. The van der Waals surface area contributed by atoms with Crippen LogP contribution in [0.4, 0.5) is 0 Å². The molecule has 2 amide bonds. The summed E-state index contributed by atoms with van der Waals surface area (Å²) in [5, 5.41) is 0.947. The third kappa shape index (κ3) is 2.98. The van der Waals surface area contributed by atoms with Crippen LogP contribution in [0, 0.1) is 6.92 Å². The van der Waals surface area contributed by atoms with E-state index in [1.165, 1.54) is 0 Å². The van der Waals surface area contributed by atoms with Gasteiger partial charge in [-0.3, -0.25) is 9.59 Å². The maximum atomic E-state index is 13.0. The van der Waals surface area contributed by atoms with E-state index in [1.807, 2.05) is 43.1 Å².